The van der Waals surface area contributed by atoms with Crippen molar-refractivity contribution in [2.24, 2.45) is 0 Å². The molecule has 1 fully saturated rings. The van der Waals surface area contributed by atoms with E-state index >= 15 is 0 Å². The highest BCUT2D eigenvalue weighted by atomic mass is 35.5. The van der Waals surface area contributed by atoms with Crippen LogP contribution in [0.4, 0.5) is 5.95 Å². The van der Waals surface area contributed by atoms with Crippen molar-refractivity contribution in [2.75, 3.05) is 38.1 Å². The first-order valence-corrected chi connectivity index (χ1v) is 11.0. The summed E-state index contributed by atoms with van der Waals surface area (Å²) in [5, 5.41) is 6.33. The zero-order chi connectivity index (χ0) is 21.5. The summed E-state index contributed by atoms with van der Waals surface area (Å²) in [6.45, 7) is 5.66. The molecular formula is C23H22Cl2N6. The minimum atomic E-state index is 0.645. The molecule has 1 aliphatic heterocycles. The molecule has 6 nitrogen and oxygen atoms in total. The van der Waals surface area contributed by atoms with Crippen molar-refractivity contribution in [1.82, 2.24) is 24.5 Å². The molecule has 1 aliphatic rings. The van der Waals surface area contributed by atoms with E-state index in [1.807, 2.05) is 60.0 Å². The van der Waals surface area contributed by atoms with Gasteiger partial charge in [-0.1, -0.05) is 53.5 Å². The monoisotopic (exact) mass is 452 g/mol. The maximum Gasteiger partial charge on any atom is 0.230 e. The summed E-state index contributed by atoms with van der Waals surface area (Å²) < 4.78 is 1.86. The highest BCUT2D eigenvalue weighted by Crippen LogP contribution is 2.38. The molecule has 31 heavy (non-hydrogen) atoms. The van der Waals surface area contributed by atoms with E-state index < -0.39 is 0 Å². The third-order valence-electron chi connectivity index (χ3n) is 5.63. The molecule has 0 aliphatic carbocycles. The molecule has 8 heteroatoms. The predicted octanol–water partition coefficient (Wildman–Crippen LogP) is 4.83. The molecular weight excluding hydrogens is 431 g/mol. The topological polar surface area (TPSA) is 49.6 Å². The van der Waals surface area contributed by atoms with Crippen molar-refractivity contribution < 1.29 is 0 Å². The standard InChI is InChI=1S/C23H22Cl2N6/c1-15-26-22-20(16-7-9-17(24)10-8-16)21(18-5-3-4-6-19(18)25)28-31(22)23(27-15)30-13-11-29(2)12-14-30/h3-10H,11-14H2,1-2H3. The number of benzene rings is 2. The number of fused-ring (bicyclic) bond motifs is 1. The molecule has 0 atom stereocenters. The lowest BCUT2D eigenvalue weighted by Crippen LogP contribution is -2.45. The Morgan fingerprint density at radius 2 is 1.58 bits per heavy atom. The first-order valence-electron chi connectivity index (χ1n) is 10.2. The largest absolute Gasteiger partial charge is 0.338 e. The Balaban J connectivity index is 1.79. The van der Waals surface area contributed by atoms with Crippen LogP contribution < -0.4 is 4.90 Å². The number of halogens is 2. The molecule has 5 rings (SSSR count). The number of anilines is 1. The van der Waals surface area contributed by atoms with Gasteiger partial charge in [-0.05, 0) is 37.7 Å². The SMILES string of the molecule is Cc1nc(N2CCN(C)CC2)n2nc(-c3ccccc3Cl)c(-c3ccc(Cl)cc3)c2n1. The molecule has 0 N–H and O–H groups in total. The zero-order valence-corrected chi connectivity index (χ0v) is 18.9. The van der Waals surface area contributed by atoms with Crippen LogP contribution in [-0.4, -0.2) is 57.7 Å². The molecule has 2 aromatic heterocycles. The Hall–Kier alpha value is -2.67. The maximum atomic E-state index is 6.58. The van der Waals surface area contributed by atoms with Crippen LogP contribution in [0.3, 0.4) is 0 Å². The molecule has 1 saturated heterocycles. The lowest BCUT2D eigenvalue weighted by molar-refractivity contribution is 0.310. The van der Waals surface area contributed by atoms with Crippen molar-refractivity contribution in [1.29, 1.82) is 0 Å². The molecule has 3 heterocycles. The number of likely N-dealkylation sites (N-methyl/N-ethyl adjacent to an activating group) is 1. The second kappa shape index (κ2) is 8.11. The fourth-order valence-electron chi connectivity index (χ4n) is 3.96. The Kier molecular flexibility index (Phi) is 5.30. The second-order valence-electron chi connectivity index (χ2n) is 7.81. The minimum absolute atomic E-state index is 0.645. The summed E-state index contributed by atoms with van der Waals surface area (Å²) in [5.74, 6) is 1.52. The molecule has 0 saturated carbocycles. The fourth-order valence-corrected chi connectivity index (χ4v) is 4.31. The van der Waals surface area contributed by atoms with Gasteiger partial charge in [0.15, 0.2) is 5.65 Å². The van der Waals surface area contributed by atoms with Gasteiger partial charge in [0.25, 0.3) is 0 Å². The molecule has 0 spiro atoms. The van der Waals surface area contributed by atoms with Crippen LogP contribution in [0.2, 0.25) is 10.0 Å². The van der Waals surface area contributed by atoms with Gasteiger partial charge in [0.1, 0.15) is 11.5 Å². The average Bonchev–Trinajstić information content (AvgIpc) is 3.13. The Labute approximate surface area is 191 Å². The quantitative estimate of drug-likeness (QED) is 0.445. The highest BCUT2D eigenvalue weighted by Gasteiger charge is 2.25. The molecule has 0 radical (unpaired) electrons. The highest BCUT2D eigenvalue weighted by molar-refractivity contribution is 6.33. The van der Waals surface area contributed by atoms with Crippen LogP contribution >= 0.6 is 23.2 Å². The minimum Gasteiger partial charge on any atom is -0.338 e. The van der Waals surface area contributed by atoms with Crippen molar-refractivity contribution in [2.45, 2.75) is 6.92 Å². The van der Waals surface area contributed by atoms with Crippen molar-refractivity contribution >= 4 is 34.8 Å². The third-order valence-corrected chi connectivity index (χ3v) is 6.21. The van der Waals surface area contributed by atoms with Gasteiger partial charge in [-0.3, -0.25) is 0 Å². The van der Waals surface area contributed by atoms with Crippen LogP contribution in [0.5, 0.6) is 0 Å². The molecule has 158 valence electrons. The number of rotatable bonds is 3. The summed E-state index contributed by atoms with van der Waals surface area (Å²) in [6.07, 6.45) is 0. The molecule has 2 aromatic carbocycles. The summed E-state index contributed by atoms with van der Waals surface area (Å²) >= 11 is 12.7. The first kappa shape index (κ1) is 20.2. The Morgan fingerprint density at radius 3 is 2.29 bits per heavy atom. The van der Waals surface area contributed by atoms with E-state index in [9.17, 15) is 0 Å². The van der Waals surface area contributed by atoms with Crippen LogP contribution in [-0.2, 0) is 0 Å². The summed E-state index contributed by atoms with van der Waals surface area (Å²) in [5.41, 5.74) is 4.31. The predicted molar refractivity (Wildman–Crippen MR) is 126 cm³/mol. The number of nitrogens with zero attached hydrogens (tertiary/aromatic N) is 6. The number of piperazine rings is 1. The third kappa shape index (κ3) is 3.76. The van der Waals surface area contributed by atoms with E-state index in [4.69, 9.17) is 38.3 Å². The summed E-state index contributed by atoms with van der Waals surface area (Å²) in [6, 6.07) is 15.5. The smallest absolute Gasteiger partial charge is 0.230 e. The number of hydrogen-bond donors (Lipinski definition) is 0. The Morgan fingerprint density at radius 1 is 0.871 bits per heavy atom. The zero-order valence-electron chi connectivity index (χ0n) is 17.4. The normalized spacial score (nSPS) is 15.0. The fraction of sp³-hybridized carbons (Fsp3) is 0.261. The van der Waals surface area contributed by atoms with Crippen molar-refractivity contribution in [3.63, 3.8) is 0 Å². The van der Waals surface area contributed by atoms with Crippen molar-refractivity contribution in [3.05, 3.63) is 64.4 Å². The van der Waals surface area contributed by atoms with Crippen molar-refractivity contribution in [3.8, 4) is 22.4 Å². The van der Waals surface area contributed by atoms with Gasteiger partial charge >= 0.3 is 0 Å². The van der Waals surface area contributed by atoms with Gasteiger partial charge in [-0.15, -0.1) is 0 Å². The van der Waals surface area contributed by atoms with Crippen LogP contribution in [0.15, 0.2) is 48.5 Å². The van der Waals surface area contributed by atoms with E-state index in [2.05, 4.69) is 16.8 Å². The number of hydrogen-bond acceptors (Lipinski definition) is 5. The van der Waals surface area contributed by atoms with Crippen LogP contribution in [0.1, 0.15) is 5.82 Å². The lowest BCUT2D eigenvalue weighted by Gasteiger charge is -2.33. The van der Waals surface area contributed by atoms with Gasteiger partial charge in [-0.25, -0.2) is 4.98 Å². The molecule has 0 bridgehead atoms. The number of aromatic nitrogens is 4. The van der Waals surface area contributed by atoms with Gasteiger partial charge in [0, 0.05) is 36.8 Å². The second-order valence-corrected chi connectivity index (χ2v) is 8.65. The average molecular weight is 453 g/mol. The van der Waals surface area contributed by atoms with E-state index in [0.717, 1.165) is 60.2 Å². The van der Waals surface area contributed by atoms with Gasteiger partial charge in [0.2, 0.25) is 5.95 Å². The van der Waals surface area contributed by atoms with Gasteiger partial charge in [-0.2, -0.15) is 14.6 Å². The van der Waals surface area contributed by atoms with Crippen LogP contribution in [0.25, 0.3) is 28.0 Å². The number of aryl methyl sites for hydroxylation is 1. The molecule has 0 unspecified atom stereocenters. The van der Waals surface area contributed by atoms with Crippen LogP contribution in [0, 0.1) is 6.92 Å². The molecule has 4 aromatic rings. The van der Waals surface area contributed by atoms with E-state index in [0.29, 0.717) is 15.9 Å². The Bertz CT molecular complexity index is 1240. The van der Waals surface area contributed by atoms with E-state index in [1.54, 1.807) is 0 Å². The van der Waals surface area contributed by atoms with Gasteiger partial charge < -0.3 is 9.80 Å². The molecule has 0 amide bonds. The summed E-state index contributed by atoms with van der Waals surface area (Å²) in [7, 11) is 2.14. The van der Waals surface area contributed by atoms with Gasteiger partial charge in [0.05, 0.1) is 10.6 Å². The maximum absolute atomic E-state index is 6.58. The first-order chi connectivity index (χ1) is 15.0. The lowest BCUT2D eigenvalue weighted by atomic mass is 10.0. The van der Waals surface area contributed by atoms with E-state index in [1.165, 1.54) is 0 Å². The summed E-state index contributed by atoms with van der Waals surface area (Å²) in [4.78, 5) is 14.2. The van der Waals surface area contributed by atoms with E-state index in [-0.39, 0.29) is 0 Å².